The van der Waals surface area contributed by atoms with E-state index in [0.717, 1.165) is 0 Å². The van der Waals surface area contributed by atoms with Gasteiger partial charge in [0.05, 0.1) is 24.7 Å². The number of aliphatic hydroxyl groups is 1. The largest absolute Gasteiger partial charge is 0.465 e. The van der Waals surface area contributed by atoms with Gasteiger partial charge in [0.25, 0.3) is 5.91 Å². The quantitative estimate of drug-likeness (QED) is 0.408. The van der Waals surface area contributed by atoms with Gasteiger partial charge in [-0.2, -0.15) is 0 Å². The van der Waals surface area contributed by atoms with Gasteiger partial charge in [-0.1, -0.05) is 13.8 Å². The molecule has 0 radical (unpaired) electrons. The van der Waals surface area contributed by atoms with Crippen LogP contribution in [-0.2, 0) is 19.1 Å². The van der Waals surface area contributed by atoms with Crippen molar-refractivity contribution >= 4 is 27.2 Å². The van der Waals surface area contributed by atoms with Crippen molar-refractivity contribution in [1.82, 2.24) is 10.2 Å². The molecule has 9 heteroatoms. The number of rotatable bonds is 5. The van der Waals surface area contributed by atoms with E-state index in [4.69, 9.17) is 9.47 Å². The molecule has 0 spiro atoms. The van der Waals surface area contributed by atoms with Gasteiger partial charge in [-0.05, 0) is 40.0 Å². The molecule has 2 aliphatic heterocycles. The number of cyclic esters (lactones) is 1. The fourth-order valence-electron chi connectivity index (χ4n) is 3.87. The molecule has 0 aromatic carbocycles. The molecule has 0 aliphatic carbocycles. The molecular weight excluding hydrogens is 371 g/mol. The van der Waals surface area contributed by atoms with Crippen LogP contribution >= 0.6 is 9.24 Å². The van der Waals surface area contributed by atoms with E-state index in [1.165, 1.54) is 4.90 Å². The average Bonchev–Trinajstić information content (AvgIpc) is 2.91. The Hall–Kier alpha value is -1.40. The van der Waals surface area contributed by atoms with Crippen LogP contribution in [0.4, 0.5) is 4.79 Å². The summed E-state index contributed by atoms with van der Waals surface area (Å²) in [5.74, 6) is -2.07. The van der Waals surface area contributed by atoms with Crippen molar-refractivity contribution in [2.75, 3.05) is 6.61 Å². The maximum atomic E-state index is 13.2. The maximum absolute atomic E-state index is 13.2. The Labute approximate surface area is 162 Å². The van der Waals surface area contributed by atoms with Gasteiger partial charge in [0.2, 0.25) is 0 Å². The number of carbonyl (C=O) groups excluding carboxylic acids is 3. The van der Waals surface area contributed by atoms with Crippen molar-refractivity contribution in [3.63, 3.8) is 0 Å². The van der Waals surface area contributed by atoms with Gasteiger partial charge >= 0.3 is 12.1 Å². The van der Waals surface area contributed by atoms with Crippen molar-refractivity contribution < 1.29 is 29.0 Å². The molecule has 0 saturated carbocycles. The van der Waals surface area contributed by atoms with Crippen molar-refractivity contribution in [1.29, 1.82) is 0 Å². The summed E-state index contributed by atoms with van der Waals surface area (Å²) in [7, 11) is 2.52. The van der Waals surface area contributed by atoms with Crippen LogP contribution in [0.1, 0.15) is 48.0 Å². The standard InChI is InChI=1S/C18H31N2O6P/c1-9(2)13(21)18(19-16(24)26-17(4,5)6)12(11-7-8-25-14(11)22)20(10(3)27)15(18)23/h9-13,21H,7-8,27H2,1-6H3,(H,19,24)/t10-,11-,12+,13+,18+/m1/s1. The van der Waals surface area contributed by atoms with Crippen molar-refractivity contribution in [3.8, 4) is 0 Å². The zero-order chi connectivity index (χ0) is 20.7. The summed E-state index contributed by atoms with van der Waals surface area (Å²) in [6.07, 6.45) is -1.56. The molecule has 0 bridgehead atoms. The summed E-state index contributed by atoms with van der Waals surface area (Å²) in [5, 5.41) is 13.6. The van der Waals surface area contributed by atoms with Crippen LogP contribution in [0.5, 0.6) is 0 Å². The second-order valence-corrected chi connectivity index (χ2v) is 9.61. The molecule has 2 fully saturated rings. The zero-order valence-corrected chi connectivity index (χ0v) is 18.0. The average molecular weight is 402 g/mol. The molecule has 0 aromatic rings. The van der Waals surface area contributed by atoms with Crippen molar-refractivity contribution in [3.05, 3.63) is 0 Å². The van der Waals surface area contributed by atoms with Gasteiger partial charge in [-0.25, -0.2) is 4.79 Å². The fraction of sp³-hybridized carbons (Fsp3) is 0.833. The van der Waals surface area contributed by atoms with E-state index >= 15 is 0 Å². The monoisotopic (exact) mass is 402 g/mol. The first-order chi connectivity index (χ1) is 12.3. The number of hydrogen-bond donors (Lipinski definition) is 2. The Morgan fingerprint density at radius 1 is 1.37 bits per heavy atom. The lowest BCUT2D eigenvalue weighted by Gasteiger charge is -2.60. The van der Waals surface area contributed by atoms with E-state index in [9.17, 15) is 19.5 Å². The number of esters is 1. The Kier molecular flexibility index (Phi) is 6.12. The molecule has 8 nitrogen and oxygen atoms in total. The highest BCUT2D eigenvalue weighted by atomic mass is 31.0. The topological polar surface area (TPSA) is 105 Å². The van der Waals surface area contributed by atoms with Crippen LogP contribution in [0.2, 0.25) is 0 Å². The molecule has 6 atom stereocenters. The number of amides is 2. The van der Waals surface area contributed by atoms with Crippen LogP contribution in [-0.4, -0.2) is 63.7 Å². The molecule has 27 heavy (non-hydrogen) atoms. The normalized spacial score (nSPS) is 30.6. The Balaban J connectivity index is 2.47. The summed E-state index contributed by atoms with van der Waals surface area (Å²) < 4.78 is 10.4. The van der Waals surface area contributed by atoms with E-state index < -0.39 is 47.2 Å². The SMILES string of the molecule is CC(C)[C@H](O)[C@]1(NC(=O)OC(C)(C)C)C(=O)N([C@@H](C)P)[C@H]1[C@H]1CCOC1=O. The molecule has 2 heterocycles. The lowest BCUT2D eigenvalue weighted by Crippen LogP contribution is -2.87. The zero-order valence-electron chi connectivity index (χ0n) is 16.8. The predicted molar refractivity (Wildman–Crippen MR) is 102 cm³/mol. The molecule has 2 amide bonds. The lowest BCUT2D eigenvalue weighted by atomic mass is 9.66. The number of carbonyl (C=O) groups is 3. The molecule has 0 aromatic heterocycles. The number of ether oxygens (including phenoxy) is 2. The van der Waals surface area contributed by atoms with Gasteiger partial charge in [0, 0.05) is 5.78 Å². The van der Waals surface area contributed by atoms with E-state index in [2.05, 4.69) is 14.6 Å². The smallest absolute Gasteiger partial charge is 0.408 e. The van der Waals surface area contributed by atoms with E-state index in [1.807, 2.05) is 0 Å². The third-order valence-corrected chi connectivity index (χ3v) is 5.28. The first-order valence-electron chi connectivity index (χ1n) is 9.27. The number of likely N-dealkylation sites (tertiary alicyclic amines) is 1. The second-order valence-electron chi connectivity index (χ2n) is 8.65. The van der Waals surface area contributed by atoms with Crippen LogP contribution in [0, 0.1) is 11.8 Å². The van der Waals surface area contributed by atoms with Crippen LogP contribution < -0.4 is 5.32 Å². The summed E-state index contributed by atoms with van der Waals surface area (Å²) in [6, 6.07) is -0.711. The minimum atomic E-state index is -1.63. The third kappa shape index (κ3) is 3.92. The number of β-lactam (4-membered cyclic amide) rings is 1. The van der Waals surface area contributed by atoms with Crippen molar-refractivity contribution in [2.45, 2.75) is 77.0 Å². The summed E-state index contributed by atoms with van der Waals surface area (Å²) in [6.45, 7) is 10.7. The minimum absolute atomic E-state index is 0.257. The van der Waals surface area contributed by atoms with Crippen molar-refractivity contribution in [2.24, 2.45) is 11.8 Å². The number of alkyl carbamates (subject to hydrolysis) is 1. The summed E-state index contributed by atoms with van der Waals surface area (Å²) in [5.41, 5.74) is -2.40. The number of nitrogens with zero attached hydrogens (tertiary/aromatic N) is 1. The minimum Gasteiger partial charge on any atom is -0.465 e. The van der Waals surface area contributed by atoms with Crippen LogP contribution in [0.15, 0.2) is 0 Å². The third-order valence-electron chi connectivity index (χ3n) is 4.96. The molecule has 2 rings (SSSR count). The summed E-state index contributed by atoms with van der Waals surface area (Å²) in [4.78, 5) is 39.5. The van der Waals surface area contributed by atoms with Gasteiger partial charge in [0.1, 0.15) is 5.60 Å². The highest BCUT2D eigenvalue weighted by Crippen LogP contribution is 2.45. The Morgan fingerprint density at radius 3 is 2.37 bits per heavy atom. The Morgan fingerprint density at radius 2 is 1.96 bits per heavy atom. The molecule has 154 valence electrons. The first-order valence-corrected chi connectivity index (χ1v) is 9.93. The molecule has 1 unspecified atom stereocenters. The van der Waals surface area contributed by atoms with Gasteiger partial charge < -0.3 is 24.8 Å². The summed E-state index contributed by atoms with van der Waals surface area (Å²) >= 11 is 0. The second kappa shape index (κ2) is 7.55. The maximum Gasteiger partial charge on any atom is 0.408 e. The fourth-order valence-corrected chi connectivity index (χ4v) is 4.19. The number of nitrogens with one attached hydrogen (secondary N) is 1. The Bertz CT molecular complexity index is 615. The van der Waals surface area contributed by atoms with E-state index in [1.54, 1.807) is 41.5 Å². The predicted octanol–water partition coefficient (Wildman–Crippen LogP) is 1.26. The van der Waals surface area contributed by atoms with E-state index in [-0.39, 0.29) is 18.3 Å². The molecule has 2 saturated heterocycles. The van der Waals surface area contributed by atoms with Gasteiger partial charge in [-0.15, -0.1) is 9.24 Å². The highest BCUT2D eigenvalue weighted by Gasteiger charge is 2.70. The van der Waals surface area contributed by atoms with Crippen LogP contribution in [0.25, 0.3) is 0 Å². The first kappa shape index (κ1) is 21.9. The van der Waals surface area contributed by atoms with Crippen LogP contribution in [0.3, 0.4) is 0 Å². The lowest BCUT2D eigenvalue weighted by molar-refractivity contribution is -0.186. The van der Waals surface area contributed by atoms with Gasteiger partial charge in [-0.3, -0.25) is 9.59 Å². The molecule has 2 N–H and O–H groups in total. The highest BCUT2D eigenvalue weighted by molar-refractivity contribution is 7.17. The number of hydrogen-bond acceptors (Lipinski definition) is 6. The molecular formula is C18H31N2O6P. The van der Waals surface area contributed by atoms with E-state index in [0.29, 0.717) is 6.42 Å². The number of aliphatic hydroxyl groups excluding tert-OH is 1. The molecule has 2 aliphatic rings. The van der Waals surface area contributed by atoms with Gasteiger partial charge in [0.15, 0.2) is 5.54 Å².